The van der Waals surface area contributed by atoms with Gasteiger partial charge in [-0.2, -0.15) is 0 Å². The van der Waals surface area contributed by atoms with Crippen molar-refractivity contribution in [1.82, 2.24) is 5.32 Å². The molecule has 1 aromatic rings. The van der Waals surface area contributed by atoms with Gasteiger partial charge in [-0.3, -0.25) is 15.1 Å². The number of hydrogen-bond donors (Lipinski definition) is 1. The van der Waals surface area contributed by atoms with Crippen LogP contribution in [0.3, 0.4) is 0 Å². The van der Waals surface area contributed by atoms with Crippen LogP contribution in [0.1, 0.15) is 12.5 Å². The van der Waals surface area contributed by atoms with Crippen LogP contribution in [0.15, 0.2) is 23.2 Å². The molecule has 0 radical (unpaired) electrons. The summed E-state index contributed by atoms with van der Waals surface area (Å²) in [5, 5.41) is 14.3. The summed E-state index contributed by atoms with van der Waals surface area (Å²) in [5.41, 5.74) is 0.464. The largest absolute Gasteiger partial charge is 0.365 e. The molecule has 1 N–H and O–H groups in total. The Morgan fingerprint density at radius 2 is 2.38 bits per heavy atom. The van der Waals surface area contributed by atoms with Crippen LogP contribution in [0.5, 0.6) is 0 Å². The molecule has 84 valence electrons. The van der Waals surface area contributed by atoms with Gasteiger partial charge in [-0.05, 0) is 19.1 Å². The summed E-state index contributed by atoms with van der Waals surface area (Å²) in [6, 6.07) is 4.79. The van der Waals surface area contributed by atoms with Gasteiger partial charge >= 0.3 is 0 Å². The van der Waals surface area contributed by atoms with Crippen LogP contribution in [0.25, 0.3) is 0 Å². The Morgan fingerprint density at radius 3 is 2.94 bits per heavy atom. The second-order valence-corrected chi connectivity index (χ2v) is 4.09. The predicted molar refractivity (Wildman–Crippen MR) is 62.1 cm³/mol. The zero-order chi connectivity index (χ0) is 11.7. The van der Waals surface area contributed by atoms with Crippen molar-refractivity contribution in [1.29, 1.82) is 0 Å². The van der Waals surface area contributed by atoms with Crippen molar-refractivity contribution in [3.05, 3.63) is 38.9 Å². The van der Waals surface area contributed by atoms with Crippen LogP contribution < -0.4 is 5.32 Å². The van der Waals surface area contributed by atoms with Crippen LogP contribution in [0.4, 0.5) is 5.69 Å². The molecule has 0 spiro atoms. The molecule has 1 heterocycles. The van der Waals surface area contributed by atoms with Gasteiger partial charge in [0, 0.05) is 17.1 Å². The first-order chi connectivity index (χ1) is 7.58. The van der Waals surface area contributed by atoms with Crippen molar-refractivity contribution in [2.45, 2.75) is 13.0 Å². The van der Waals surface area contributed by atoms with Gasteiger partial charge in [-0.25, -0.2) is 0 Å². The Bertz CT molecular complexity index is 473. The zero-order valence-electron chi connectivity index (χ0n) is 8.61. The molecule has 1 aliphatic rings. The molecule has 0 saturated carbocycles. The van der Waals surface area contributed by atoms with Crippen molar-refractivity contribution in [3.63, 3.8) is 0 Å². The van der Waals surface area contributed by atoms with Crippen molar-refractivity contribution < 1.29 is 4.92 Å². The van der Waals surface area contributed by atoms with Crippen molar-refractivity contribution in [2.24, 2.45) is 4.99 Å². The number of nitrogens with zero attached hydrogens (tertiary/aromatic N) is 2. The summed E-state index contributed by atoms with van der Waals surface area (Å²) < 4.78 is 0. The topological polar surface area (TPSA) is 67.5 Å². The first-order valence-electron chi connectivity index (χ1n) is 4.83. The van der Waals surface area contributed by atoms with Gasteiger partial charge in [0.2, 0.25) is 0 Å². The maximum atomic E-state index is 10.9. The van der Waals surface area contributed by atoms with E-state index in [-0.39, 0.29) is 11.7 Å². The quantitative estimate of drug-likeness (QED) is 0.634. The van der Waals surface area contributed by atoms with Gasteiger partial charge in [-0.1, -0.05) is 11.6 Å². The highest BCUT2D eigenvalue weighted by atomic mass is 35.5. The Balaban J connectivity index is 2.44. The first kappa shape index (κ1) is 10.9. The van der Waals surface area contributed by atoms with Crippen molar-refractivity contribution in [2.75, 3.05) is 6.54 Å². The van der Waals surface area contributed by atoms with Crippen LogP contribution in [0, 0.1) is 10.1 Å². The smallest absolute Gasteiger partial charge is 0.281 e. The first-order valence-corrected chi connectivity index (χ1v) is 5.21. The Kier molecular flexibility index (Phi) is 2.78. The molecule has 0 aromatic heterocycles. The summed E-state index contributed by atoms with van der Waals surface area (Å²) in [5.74, 6) is 0.566. The lowest BCUT2D eigenvalue weighted by atomic mass is 10.1. The maximum Gasteiger partial charge on any atom is 0.281 e. The van der Waals surface area contributed by atoms with E-state index < -0.39 is 4.92 Å². The lowest BCUT2D eigenvalue weighted by molar-refractivity contribution is -0.385. The third-order valence-electron chi connectivity index (χ3n) is 2.32. The number of rotatable bonds is 2. The number of nitro groups is 1. The predicted octanol–water partition coefficient (Wildman–Crippen LogP) is 1.99. The summed E-state index contributed by atoms with van der Waals surface area (Å²) in [4.78, 5) is 14.6. The molecule has 5 nitrogen and oxygen atoms in total. The molecule has 1 aliphatic heterocycles. The van der Waals surface area contributed by atoms with E-state index in [2.05, 4.69) is 10.3 Å². The molecule has 0 amide bonds. The van der Waals surface area contributed by atoms with E-state index in [0.29, 0.717) is 23.0 Å². The minimum absolute atomic E-state index is 0.0205. The highest BCUT2D eigenvalue weighted by Gasteiger charge is 2.22. The molecule has 0 saturated heterocycles. The normalized spacial score (nSPS) is 19.1. The zero-order valence-corrected chi connectivity index (χ0v) is 9.36. The monoisotopic (exact) mass is 239 g/mol. The number of aliphatic imine (C=N–C) groups is 1. The van der Waals surface area contributed by atoms with Gasteiger partial charge in [0.25, 0.3) is 5.69 Å². The summed E-state index contributed by atoms with van der Waals surface area (Å²) in [6.07, 6.45) is 0. The molecule has 1 unspecified atom stereocenters. The van der Waals surface area contributed by atoms with Crippen molar-refractivity contribution >= 4 is 23.1 Å². The standard InChI is InChI=1S/C10H10ClN3O2/c1-6-5-12-10(13-6)8-3-2-7(11)4-9(8)14(15)16/h2-4,6H,5H2,1H3,(H,12,13). The lowest BCUT2D eigenvalue weighted by Crippen LogP contribution is -2.28. The van der Waals surface area contributed by atoms with Crippen LogP contribution >= 0.6 is 11.6 Å². The fourth-order valence-corrected chi connectivity index (χ4v) is 1.74. The second kappa shape index (κ2) is 4.09. The van der Waals surface area contributed by atoms with Crippen LogP contribution in [0.2, 0.25) is 5.02 Å². The Morgan fingerprint density at radius 1 is 1.62 bits per heavy atom. The van der Waals surface area contributed by atoms with E-state index in [1.54, 1.807) is 12.1 Å². The van der Waals surface area contributed by atoms with E-state index in [1.807, 2.05) is 6.92 Å². The molecular formula is C10H10ClN3O2. The number of nitrogens with one attached hydrogen (secondary N) is 1. The van der Waals surface area contributed by atoms with Gasteiger partial charge in [0.1, 0.15) is 5.84 Å². The van der Waals surface area contributed by atoms with E-state index in [0.717, 1.165) is 0 Å². The summed E-state index contributed by atoms with van der Waals surface area (Å²) in [6.45, 7) is 2.60. The number of amidine groups is 1. The fourth-order valence-electron chi connectivity index (χ4n) is 1.57. The third kappa shape index (κ3) is 1.99. The molecular weight excluding hydrogens is 230 g/mol. The highest BCUT2D eigenvalue weighted by Crippen LogP contribution is 2.24. The average molecular weight is 240 g/mol. The summed E-state index contributed by atoms with van der Waals surface area (Å²) >= 11 is 5.73. The molecule has 1 aromatic carbocycles. The minimum Gasteiger partial charge on any atom is -0.365 e. The minimum atomic E-state index is -0.450. The summed E-state index contributed by atoms with van der Waals surface area (Å²) in [7, 11) is 0. The highest BCUT2D eigenvalue weighted by molar-refractivity contribution is 6.31. The van der Waals surface area contributed by atoms with E-state index in [9.17, 15) is 10.1 Å². The van der Waals surface area contributed by atoms with Gasteiger partial charge in [0.05, 0.1) is 17.0 Å². The van der Waals surface area contributed by atoms with Crippen LogP contribution in [-0.4, -0.2) is 23.3 Å². The molecule has 0 aliphatic carbocycles. The number of halogens is 1. The van der Waals surface area contributed by atoms with Crippen LogP contribution in [-0.2, 0) is 0 Å². The average Bonchev–Trinajstić information content (AvgIpc) is 2.64. The van der Waals surface area contributed by atoms with E-state index >= 15 is 0 Å². The van der Waals surface area contributed by atoms with E-state index in [1.165, 1.54) is 6.07 Å². The molecule has 6 heteroatoms. The molecule has 1 atom stereocenters. The molecule has 2 rings (SSSR count). The molecule has 0 fully saturated rings. The number of benzene rings is 1. The second-order valence-electron chi connectivity index (χ2n) is 3.65. The van der Waals surface area contributed by atoms with Crippen molar-refractivity contribution in [3.8, 4) is 0 Å². The molecule has 16 heavy (non-hydrogen) atoms. The lowest BCUT2D eigenvalue weighted by Gasteiger charge is -2.06. The Hall–Kier alpha value is -1.62. The maximum absolute atomic E-state index is 10.9. The van der Waals surface area contributed by atoms with E-state index in [4.69, 9.17) is 11.6 Å². The number of hydrogen-bond acceptors (Lipinski definition) is 4. The SMILES string of the molecule is CC1CN=C(c2ccc(Cl)cc2[N+](=O)[O-])N1. The van der Waals surface area contributed by atoms with Gasteiger partial charge in [-0.15, -0.1) is 0 Å². The number of nitro benzene ring substituents is 1. The molecule has 0 bridgehead atoms. The Labute approximate surface area is 97.3 Å². The third-order valence-corrected chi connectivity index (χ3v) is 2.55. The fraction of sp³-hybridized carbons (Fsp3) is 0.300. The van der Waals surface area contributed by atoms with Gasteiger partial charge < -0.3 is 5.32 Å². The van der Waals surface area contributed by atoms with Gasteiger partial charge in [0.15, 0.2) is 0 Å².